The Balaban J connectivity index is 1.16. The monoisotopic (exact) mass is 670 g/mol. The first-order valence-corrected chi connectivity index (χ1v) is 17.8. The molecule has 0 aliphatic heterocycles. The Kier molecular flexibility index (Phi) is 6.05. The van der Waals surface area contributed by atoms with Gasteiger partial charge >= 0.3 is 0 Å². The first-order valence-electron chi connectivity index (χ1n) is 17.0. The summed E-state index contributed by atoms with van der Waals surface area (Å²) in [6.07, 6.45) is 0. The minimum absolute atomic E-state index is 0.648. The van der Waals surface area contributed by atoms with Crippen molar-refractivity contribution < 1.29 is 4.42 Å². The summed E-state index contributed by atoms with van der Waals surface area (Å²) in [5.41, 5.74) is 7.98. The molecular weight excluding hydrogens is 645 g/mol. The van der Waals surface area contributed by atoms with Gasteiger partial charge in [0.05, 0.1) is 16.7 Å². The molecule has 0 aliphatic rings. The number of hydrogen-bond acceptors (Lipinski definition) is 5. The number of fused-ring (bicyclic) bond motifs is 10. The Morgan fingerprint density at radius 3 is 1.67 bits per heavy atom. The summed E-state index contributed by atoms with van der Waals surface area (Å²) in [6.45, 7) is 0. The summed E-state index contributed by atoms with van der Waals surface area (Å²) < 4.78 is 11.6. The lowest BCUT2D eigenvalue weighted by atomic mass is 10.1. The fourth-order valence-electron chi connectivity index (χ4n) is 7.59. The molecule has 11 rings (SSSR count). The molecule has 7 aromatic carbocycles. The molecule has 0 amide bonds. The Morgan fingerprint density at radius 2 is 0.980 bits per heavy atom. The maximum atomic E-state index is 7.03. The number of aromatic nitrogens is 4. The van der Waals surface area contributed by atoms with Gasteiger partial charge in [0.15, 0.2) is 23.1 Å². The molecule has 0 spiro atoms. The average Bonchev–Trinajstić information content (AvgIpc) is 3.88. The van der Waals surface area contributed by atoms with Gasteiger partial charge in [0, 0.05) is 58.4 Å². The second-order valence-corrected chi connectivity index (χ2v) is 13.8. The smallest absolute Gasteiger partial charge is 0.165 e. The van der Waals surface area contributed by atoms with Gasteiger partial charge in [-0.15, -0.1) is 11.3 Å². The highest BCUT2D eigenvalue weighted by Gasteiger charge is 2.22. The highest BCUT2D eigenvalue weighted by atomic mass is 32.1. The maximum Gasteiger partial charge on any atom is 0.165 e. The van der Waals surface area contributed by atoms with Crippen LogP contribution in [0.4, 0.5) is 0 Å². The molecule has 0 atom stereocenters. The van der Waals surface area contributed by atoms with Crippen LogP contribution in [-0.2, 0) is 0 Å². The molecule has 0 aliphatic carbocycles. The third-order valence-electron chi connectivity index (χ3n) is 9.87. The van der Waals surface area contributed by atoms with Crippen LogP contribution < -0.4 is 0 Å². The number of nitrogens with zero attached hydrogens (tertiary/aromatic N) is 4. The number of benzene rings is 7. The lowest BCUT2D eigenvalue weighted by molar-refractivity contribution is 0.670. The second kappa shape index (κ2) is 10.9. The SMILES string of the molecule is c1ccc(-c2nc(-c3ccccc3)nc(-c3cccc4c3sc3ccc5c6cccc(-n7c8ccccc8c8ccccc87)c6oc5c34)n2)cc1. The van der Waals surface area contributed by atoms with Crippen LogP contribution in [0.2, 0.25) is 0 Å². The summed E-state index contributed by atoms with van der Waals surface area (Å²) in [7, 11) is 0. The Labute approximate surface area is 295 Å². The predicted octanol–water partition coefficient (Wildman–Crippen LogP) is 12.2. The molecule has 0 fully saturated rings. The van der Waals surface area contributed by atoms with E-state index in [4.69, 9.17) is 19.4 Å². The summed E-state index contributed by atoms with van der Waals surface area (Å²) >= 11 is 1.75. The van der Waals surface area contributed by atoms with Gasteiger partial charge in [0.2, 0.25) is 0 Å². The fourth-order valence-corrected chi connectivity index (χ4v) is 8.80. The summed E-state index contributed by atoms with van der Waals surface area (Å²) in [5.74, 6) is 1.94. The van der Waals surface area contributed by atoms with E-state index in [0.717, 1.165) is 75.5 Å². The molecule has 5 nitrogen and oxygen atoms in total. The molecule has 0 unspecified atom stereocenters. The summed E-state index contributed by atoms with van der Waals surface area (Å²) in [6, 6.07) is 54.8. The minimum Gasteiger partial charge on any atom is -0.453 e. The molecule has 4 heterocycles. The van der Waals surface area contributed by atoms with Crippen LogP contribution in [0.3, 0.4) is 0 Å². The molecule has 0 saturated heterocycles. The highest BCUT2D eigenvalue weighted by molar-refractivity contribution is 7.26. The van der Waals surface area contributed by atoms with Crippen LogP contribution in [0, 0.1) is 0 Å². The van der Waals surface area contributed by atoms with Crippen molar-refractivity contribution in [2.75, 3.05) is 0 Å². The normalized spacial score (nSPS) is 11.9. The lowest BCUT2D eigenvalue weighted by Crippen LogP contribution is -2.00. The van der Waals surface area contributed by atoms with Gasteiger partial charge in [0.25, 0.3) is 0 Å². The minimum atomic E-state index is 0.648. The van der Waals surface area contributed by atoms with Crippen LogP contribution in [0.15, 0.2) is 162 Å². The number of para-hydroxylation sites is 3. The lowest BCUT2D eigenvalue weighted by Gasteiger charge is -2.09. The van der Waals surface area contributed by atoms with E-state index >= 15 is 0 Å². The predicted molar refractivity (Wildman–Crippen MR) is 211 cm³/mol. The molecule has 238 valence electrons. The molecule has 0 bridgehead atoms. The molecule has 0 radical (unpaired) electrons. The third kappa shape index (κ3) is 4.24. The van der Waals surface area contributed by atoms with Crippen LogP contribution in [0.1, 0.15) is 0 Å². The fraction of sp³-hybridized carbons (Fsp3) is 0. The highest BCUT2D eigenvalue weighted by Crippen LogP contribution is 2.46. The molecule has 4 aromatic heterocycles. The van der Waals surface area contributed by atoms with Gasteiger partial charge in [-0.2, -0.15) is 0 Å². The molecule has 0 saturated carbocycles. The number of hydrogen-bond donors (Lipinski definition) is 0. The third-order valence-corrected chi connectivity index (χ3v) is 11.1. The van der Waals surface area contributed by atoms with Crippen LogP contribution in [0.5, 0.6) is 0 Å². The largest absolute Gasteiger partial charge is 0.453 e. The van der Waals surface area contributed by atoms with E-state index in [2.05, 4.69) is 102 Å². The van der Waals surface area contributed by atoms with Crippen molar-refractivity contribution in [2.45, 2.75) is 0 Å². The van der Waals surface area contributed by atoms with Crippen LogP contribution in [-0.4, -0.2) is 19.5 Å². The Morgan fingerprint density at radius 1 is 0.431 bits per heavy atom. The Bertz CT molecular complexity index is 3030. The van der Waals surface area contributed by atoms with Crippen molar-refractivity contribution in [1.29, 1.82) is 0 Å². The van der Waals surface area contributed by atoms with Crippen molar-refractivity contribution in [2.24, 2.45) is 0 Å². The zero-order valence-corrected chi connectivity index (χ0v) is 27.9. The standard InChI is InChI=1S/C45H26N4OS/c1-3-13-27(14-4-1)43-46-44(28-15-5-2-6-16-28)48-45(47-43)34-21-11-20-33-39-38(51-42(33)34)26-25-32-31-19-12-24-37(40(31)50-41(32)39)49-35-22-9-7-17-29(35)30-18-8-10-23-36(30)49/h1-26H. The summed E-state index contributed by atoms with van der Waals surface area (Å²) in [4.78, 5) is 15.0. The zero-order chi connectivity index (χ0) is 33.5. The van der Waals surface area contributed by atoms with Gasteiger partial charge < -0.3 is 8.98 Å². The maximum absolute atomic E-state index is 7.03. The first-order chi connectivity index (χ1) is 25.3. The van der Waals surface area contributed by atoms with E-state index in [9.17, 15) is 0 Å². The number of rotatable bonds is 4. The molecule has 6 heteroatoms. The number of thiophene rings is 1. The molecular formula is C45H26N4OS. The number of furan rings is 1. The van der Waals surface area contributed by atoms with Crippen molar-refractivity contribution in [1.82, 2.24) is 19.5 Å². The van der Waals surface area contributed by atoms with Gasteiger partial charge in [-0.05, 0) is 36.4 Å². The van der Waals surface area contributed by atoms with Crippen molar-refractivity contribution >= 4 is 75.3 Å². The van der Waals surface area contributed by atoms with Gasteiger partial charge in [-0.1, -0.05) is 121 Å². The van der Waals surface area contributed by atoms with E-state index in [-0.39, 0.29) is 0 Å². The van der Waals surface area contributed by atoms with Crippen LogP contribution in [0.25, 0.3) is 104 Å². The second-order valence-electron chi connectivity index (χ2n) is 12.8. The van der Waals surface area contributed by atoms with Crippen LogP contribution >= 0.6 is 11.3 Å². The average molecular weight is 671 g/mol. The summed E-state index contributed by atoms with van der Waals surface area (Å²) in [5, 5.41) is 6.88. The van der Waals surface area contributed by atoms with Crippen molar-refractivity contribution in [3.05, 3.63) is 158 Å². The Hall–Kier alpha value is -6.63. The van der Waals surface area contributed by atoms with Gasteiger partial charge in [-0.25, -0.2) is 15.0 Å². The first kappa shape index (κ1) is 28.2. The quantitative estimate of drug-likeness (QED) is 0.187. The van der Waals surface area contributed by atoms with E-state index in [0.29, 0.717) is 17.5 Å². The zero-order valence-electron chi connectivity index (χ0n) is 27.1. The van der Waals surface area contributed by atoms with Crippen molar-refractivity contribution in [3.63, 3.8) is 0 Å². The molecule has 0 N–H and O–H groups in total. The van der Waals surface area contributed by atoms with Crippen molar-refractivity contribution in [3.8, 4) is 39.9 Å². The van der Waals surface area contributed by atoms with E-state index in [1.807, 2.05) is 60.7 Å². The van der Waals surface area contributed by atoms with E-state index in [1.54, 1.807) is 11.3 Å². The topological polar surface area (TPSA) is 56.7 Å². The molecule has 51 heavy (non-hydrogen) atoms. The van der Waals surface area contributed by atoms with Gasteiger partial charge in [-0.3, -0.25) is 0 Å². The van der Waals surface area contributed by atoms with E-state index < -0.39 is 0 Å². The molecule has 11 aromatic rings. The van der Waals surface area contributed by atoms with Gasteiger partial charge in [0.1, 0.15) is 5.58 Å². The van der Waals surface area contributed by atoms with E-state index in [1.165, 1.54) is 10.8 Å².